The van der Waals surface area contributed by atoms with Crippen LogP contribution in [0.5, 0.6) is 5.75 Å². The predicted octanol–water partition coefficient (Wildman–Crippen LogP) is 3.01. The Balaban J connectivity index is 2.52. The van der Waals surface area contributed by atoms with Crippen molar-refractivity contribution in [3.8, 4) is 5.75 Å². The molecule has 2 rings (SSSR count). The summed E-state index contributed by atoms with van der Waals surface area (Å²) in [6.07, 6.45) is 0.416. The fourth-order valence-corrected chi connectivity index (χ4v) is 1.95. The van der Waals surface area contributed by atoms with Gasteiger partial charge in [-0.05, 0) is 29.5 Å². The zero-order valence-corrected chi connectivity index (χ0v) is 10.9. The van der Waals surface area contributed by atoms with E-state index in [1.807, 2.05) is 13.0 Å². The van der Waals surface area contributed by atoms with Gasteiger partial charge in [0.15, 0.2) is 0 Å². The van der Waals surface area contributed by atoms with Gasteiger partial charge >= 0.3 is 0 Å². The van der Waals surface area contributed by atoms with Crippen molar-refractivity contribution in [1.82, 2.24) is 0 Å². The van der Waals surface area contributed by atoms with Crippen LogP contribution in [0.15, 0.2) is 12.1 Å². The molecular formula is C14H19NO2. The quantitative estimate of drug-likeness (QED) is 0.748. The summed E-state index contributed by atoms with van der Waals surface area (Å²) >= 11 is 0. The second-order valence-electron chi connectivity index (χ2n) is 5.57. The summed E-state index contributed by atoms with van der Waals surface area (Å²) in [4.78, 5) is 11.5. The minimum absolute atomic E-state index is 0.0224. The van der Waals surface area contributed by atoms with Gasteiger partial charge < -0.3 is 10.1 Å². The summed E-state index contributed by atoms with van der Waals surface area (Å²) in [5.74, 6) is 0.832. The Labute approximate surface area is 102 Å². The van der Waals surface area contributed by atoms with Crippen LogP contribution in [0.2, 0.25) is 0 Å². The Bertz CT molecular complexity index is 458. The van der Waals surface area contributed by atoms with E-state index in [1.54, 1.807) is 0 Å². The van der Waals surface area contributed by atoms with E-state index < -0.39 is 0 Å². The number of amides is 1. The minimum Gasteiger partial charge on any atom is -0.491 e. The van der Waals surface area contributed by atoms with Crippen LogP contribution in [0.3, 0.4) is 0 Å². The predicted molar refractivity (Wildman–Crippen MR) is 68.6 cm³/mol. The van der Waals surface area contributed by atoms with Crippen molar-refractivity contribution in [3.05, 3.63) is 23.3 Å². The Kier molecular flexibility index (Phi) is 2.86. The average molecular weight is 233 g/mol. The van der Waals surface area contributed by atoms with Crippen LogP contribution in [0.25, 0.3) is 0 Å². The maximum Gasteiger partial charge on any atom is 0.227 e. The van der Waals surface area contributed by atoms with Crippen LogP contribution in [0.1, 0.15) is 38.3 Å². The fourth-order valence-electron chi connectivity index (χ4n) is 1.95. The number of rotatable bonds is 0. The normalized spacial score (nSPS) is 15.6. The Morgan fingerprint density at radius 3 is 2.65 bits per heavy atom. The number of benzene rings is 1. The number of hydrogen-bond acceptors (Lipinski definition) is 2. The van der Waals surface area contributed by atoms with Crippen molar-refractivity contribution in [3.63, 3.8) is 0 Å². The lowest BCUT2D eigenvalue weighted by molar-refractivity contribution is -0.116. The van der Waals surface area contributed by atoms with Gasteiger partial charge in [0, 0.05) is 0 Å². The number of nitrogens with one attached hydrogen (secondary N) is 1. The molecule has 92 valence electrons. The molecule has 0 fully saturated rings. The molecule has 0 spiro atoms. The van der Waals surface area contributed by atoms with Crippen LogP contribution in [0.4, 0.5) is 5.69 Å². The molecule has 1 aromatic carbocycles. The second kappa shape index (κ2) is 4.06. The first-order valence-corrected chi connectivity index (χ1v) is 5.96. The zero-order valence-electron chi connectivity index (χ0n) is 10.9. The molecule has 0 radical (unpaired) electrons. The molecule has 0 aliphatic carbocycles. The topological polar surface area (TPSA) is 38.3 Å². The highest BCUT2D eigenvalue weighted by Crippen LogP contribution is 2.36. The molecule has 1 amide bonds. The van der Waals surface area contributed by atoms with E-state index in [1.165, 1.54) is 5.56 Å². The summed E-state index contributed by atoms with van der Waals surface area (Å²) in [5.41, 5.74) is 3.16. The number of anilines is 1. The van der Waals surface area contributed by atoms with E-state index in [0.29, 0.717) is 13.0 Å². The van der Waals surface area contributed by atoms with Crippen LogP contribution in [-0.2, 0) is 10.2 Å². The third-order valence-corrected chi connectivity index (χ3v) is 2.99. The number of aryl methyl sites for hydroxylation is 1. The van der Waals surface area contributed by atoms with Crippen molar-refractivity contribution in [2.75, 3.05) is 11.9 Å². The van der Waals surface area contributed by atoms with Crippen molar-refractivity contribution in [2.45, 2.75) is 39.5 Å². The third-order valence-electron chi connectivity index (χ3n) is 2.99. The lowest BCUT2D eigenvalue weighted by atomic mass is 9.85. The highest BCUT2D eigenvalue weighted by Gasteiger charge is 2.21. The lowest BCUT2D eigenvalue weighted by Gasteiger charge is -2.22. The van der Waals surface area contributed by atoms with Crippen LogP contribution < -0.4 is 10.1 Å². The molecule has 1 aromatic rings. The maximum absolute atomic E-state index is 11.5. The monoisotopic (exact) mass is 233 g/mol. The highest BCUT2D eigenvalue weighted by atomic mass is 16.5. The standard InChI is InChI=1S/C14H19NO2/c1-9-7-10(14(2,3)4)8-11-13(9)17-6-5-12(16)15-11/h7-8H,5-6H2,1-4H3,(H,15,16). The number of ether oxygens (including phenoxy) is 1. The highest BCUT2D eigenvalue weighted by molar-refractivity contribution is 5.93. The van der Waals surface area contributed by atoms with Gasteiger partial charge in [-0.2, -0.15) is 0 Å². The maximum atomic E-state index is 11.5. The summed E-state index contributed by atoms with van der Waals surface area (Å²) in [6.45, 7) is 8.95. The lowest BCUT2D eigenvalue weighted by Crippen LogP contribution is -2.14. The van der Waals surface area contributed by atoms with E-state index in [4.69, 9.17) is 4.74 Å². The van der Waals surface area contributed by atoms with Crippen LogP contribution in [0, 0.1) is 6.92 Å². The first-order valence-electron chi connectivity index (χ1n) is 5.96. The Morgan fingerprint density at radius 1 is 1.29 bits per heavy atom. The van der Waals surface area contributed by atoms with E-state index in [9.17, 15) is 4.79 Å². The molecule has 1 N–H and O–H groups in total. The molecule has 0 saturated heterocycles. The van der Waals surface area contributed by atoms with Crippen molar-refractivity contribution in [2.24, 2.45) is 0 Å². The molecule has 1 heterocycles. The summed E-state index contributed by atoms with van der Waals surface area (Å²) in [7, 11) is 0. The number of fused-ring (bicyclic) bond motifs is 1. The zero-order chi connectivity index (χ0) is 12.6. The van der Waals surface area contributed by atoms with E-state index in [0.717, 1.165) is 17.0 Å². The Hall–Kier alpha value is -1.51. The number of hydrogen-bond donors (Lipinski definition) is 1. The van der Waals surface area contributed by atoms with E-state index in [-0.39, 0.29) is 11.3 Å². The van der Waals surface area contributed by atoms with Gasteiger partial charge in [-0.25, -0.2) is 0 Å². The molecule has 0 aromatic heterocycles. The van der Waals surface area contributed by atoms with E-state index >= 15 is 0 Å². The molecule has 0 atom stereocenters. The molecule has 1 aliphatic rings. The molecule has 0 bridgehead atoms. The molecule has 3 nitrogen and oxygen atoms in total. The summed E-state index contributed by atoms with van der Waals surface area (Å²) < 4.78 is 5.63. The first-order chi connectivity index (χ1) is 7.88. The van der Waals surface area contributed by atoms with Crippen molar-refractivity contribution in [1.29, 1.82) is 0 Å². The first kappa shape index (κ1) is 12.0. The third kappa shape index (κ3) is 2.43. The Morgan fingerprint density at radius 2 is 2.00 bits per heavy atom. The van der Waals surface area contributed by atoms with Gasteiger partial charge in [-0.1, -0.05) is 26.8 Å². The van der Waals surface area contributed by atoms with Gasteiger partial charge in [0.2, 0.25) is 5.91 Å². The van der Waals surface area contributed by atoms with Crippen molar-refractivity contribution < 1.29 is 9.53 Å². The van der Waals surface area contributed by atoms with Gasteiger partial charge in [0.25, 0.3) is 0 Å². The molecule has 3 heteroatoms. The molecule has 17 heavy (non-hydrogen) atoms. The van der Waals surface area contributed by atoms with Gasteiger partial charge in [0.1, 0.15) is 5.75 Å². The minimum atomic E-state index is 0.0224. The second-order valence-corrected chi connectivity index (χ2v) is 5.57. The average Bonchev–Trinajstić information content (AvgIpc) is 2.37. The van der Waals surface area contributed by atoms with E-state index in [2.05, 4.69) is 32.2 Å². The van der Waals surface area contributed by atoms with Crippen LogP contribution >= 0.6 is 0 Å². The number of carbonyl (C=O) groups is 1. The summed E-state index contributed by atoms with van der Waals surface area (Å²) in [5, 5.41) is 2.91. The van der Waals surface area contributed by atoms with Gasteiger partial charge in [-0.15, -0.1) is 0 Å². The molecular weight excluding hydrogens is 214 g/mol. The van der Waals surface area contributed by atoms with Crippen molar-refractivity contribution >= 4 is 11.6 Å². The molecule has 0 unspecified atom stereocenters. The largest absolute Gasteiger partial charge is 0.491 e. The van der Waals surface area contributed by atoms with Crippen LogP contribution in [-0.4, -0.2) is 12.5 Å². The fraction of sp³-hybridized carbons (Fsp3) is 0.500. The smallest absolute Gasteiger partial charge is 0.227 e. The SMILES string of the molecule is Cc1cc(C(C)(C)C)cc2c1OCCC(=O)N2. The van der Waals surface area contributed by atoms with Gasteiger partial charge in [-0.3, -0.25) is 4.79 Å². The molecule has 0 saturated carbocycles. The van der Waals surface area contributed by atoms with Gasteiger partial charge in [0.05, 0.1) is 18.7 Å². The summed E-state index contributed by atoms with van der Waals surface area (Å²) in [6, 6.07) is 4.15. The molecule has 1 aliphatic heterocycles. The number of carbonyl (C=O) groups excluding carboxylic acids is 1.